The van der Waals surface area contributed by atoms with E-state index in [0.29, 0.717) is 0 Å². The van der Waals surface area contributed by atoms with Crippen molar-refractivity contribution in [2.45, 2.75) is 18.6 Å². The van der Waals surface area contributed by atoms with E-state index in [2.05, 4.69) is 22.4 Å². The van der Waals surface area contributed by atoms with Gasteiger partial charge in [0.1, 0.15) is 0 Å². The summed E-state index contributed by atoms with van der Waals surface area (Å²) in [6.07, 6.45) is 4.56. The second-order valence-corrected chi connectivity index (χ2v) is 5.06. The summed E-state index contributed by atoms with van der Waals surface area (Å²) in [6.45, 7) is 2.41. The Morgan fingerprint density at radius 3 is 2.93 bits per heavy atom. The fourth-order valence-corrected chi connectivity index (χ4v) is 3.03. The number of aromatic nitrogens is 1. The van der Waals surface area contributed by atoms with Crippen LogP contribution in [0.1, 0.15) is 18.5 Å². The van der Waals surface area contributed by atoms with Crippen LogP contribution in [0.15, 0.2) is 24.4 Å². The summed E-state index contributed by atoms with van der Waals surface area (Å²) in [5.74, 6) is 3.27. The number of rotatable bonds is 4. The van der Waals surface area contributed by atoms with E-state index >= 15 is 0 Å². The van der Waals surface area contributed by atoms with Gasteiger partial charge in [-0.25, -0.2) is 0 Å². The van der Waals surface area contributed by atoms with Crippen LogP contribution in [0, 0.1) is 5.92 Å². The zero-order valence-corrected chi connectivity index (χ0v) is 9.80. The van der Waals surface area contributed by atoms with Gasteiger partial charge in [0.15, 0.2) is 0 Å². The highest BCUT2D eigenvalue weighted by molar-refractivity contribution is 7.98. The van der Waals surface area contributed by atoms with Crippen molar-refractivity contribution in [1.82, 2.24) is 10.3 Å². The molecular formula is C12H18N2S. The van der Waals surface area contributed by atoms with Gasteiger partial charge in [-0.3, -0.25) is 4.98 Å². The van der Waals surface area contributed by atoms with Gasteiger partial charge in [-0.1, -0.05) is 6.07 Å². The average molecular weight is 222 g/mol. The number of hydrogen-bond donors (Lipinski definition) is 1. The van der Waals surface area contributed by atoms with Crippen LogP contribution in [0.3, 0.4) is 0 Å². The Balaban J connectivity index is 1.66. The van der Waals surface area contributed by atoms with Crippen molar-refractivity contribution in [3.63, 3.8) is 0 Å². The Bertz CT molecular complexity index is 270. The molecule has 0 unspecified atom stereocenters. The monoisotopic (exact) mass is 222 g/mol. The molecule has 3 heteroatoms. The van der Waals surface area contributed by atoms with E-state index in [1.165, 1.54) is 37.4 Å². The molecule has 0 amide bonds. The number of nitrogens with zero attached hydrogens (tertiary/aromatic N) is 1. The molecule has 1 aromatic rings. The molecule has 0 radical (unpaired) electrons. The number of thioether (sulfide) groups is 1. The van der Waals surface area contributed by atoms with E-state index in [9.17, 15) is 0 Å². The highest BCUT2D eigenvalue weighted by Crippen LogP contribution is 2.20. The summed E-state index contributed by atoms with van der Waals surface area (Å²) in [6, 6.07) is 6.14. The molecule has 0 spiro atoms. The molecule has 0 aromatic carbocycles. The second-order valence-electron chi connectivity index (χ2n) is 4.03. The third-order valence-electron chi connectivity index (χ3n) is 2.79. The predicted molar refractivity (Wildman–Crippen MR) is 66.0 cm³/mol. The zero-order valence-electron chi connectivity index (χ0n) is 8.98. The smallest absolute Gasteiger partial charge is 0.0502 e. The molecule has 2 rings (SSSR count). The molecular weight excluding hydrogens is 204 g/mol. The van der Waals surface area contributed by atoms with Crippen molar-refractivity contribution >= 4 is 11.8 Å². The van der Waals surface area contributed by atoms with Gasteiger partial charge in [0.05, 0.1) is 5.69 Å². The van der Waals surface area contributed by atoms with Gasteiger partial charge in [-0.15, -0.1) is 0 Å². The molecule has 0 saturated carbocycles. The van der Waals surface area contributed by atoms with Crippen molar-refractivity contribution in [2.75, 3.05) is 18.8 Å². The summed E-state index contributed by atoms with van der Waals surface area (Å²) in [7, 11) is 0. The lowest BCUT2D eigenvalue weighted by Crippen LogP contribution is -2.28. The molecule has 0 bridgehead atoms. The first-order chi connectivity index (χ1) is 7.45. The van der Waals surface area contributed by atoms with Gasteiger partial charge in [0.2, 0.25) is 0 Å². The van der Waals surface area contributed by atoms with Crippen LogP contribution in [0.25, 0.3) is 0 Å². The minimum atomic E-state index is 0.917. The van der Waals surface area contributed by atoms with Crippen molar-refractivity contribution in [3.05, 3.63) is 30.1 Å². The fourth-order valence-electron chi connectivity index (χ4n) is 1.86. The van der Waals surface area contributed by atoms with E-state index < -0.39 is 0 Å². The molecule has 1 saturated heterocycles. The third-order valence-corrected chi connectivity index (χ3v) is 4.00. The Labute approximate surface area is 95.9 Å². The van der Waals surface area contributed by atoms with Crippen LogP contribution in [-0.2, 0) is 5.75 Å². The third kappa shape index (κ3) is 3.84. The molecule has 15 heavy (non-hydrogen) atoms. The number of piperidine rings is 1. The Kier molecular flexibility index (Phi) is 4.48. The van der Waals surface area contributed by atoms with Crippen molar-refractivity contribution in [2.24, 2.45) is 5.92 Å². The van der Waals surface area contributed by atoms with Crippen molar-refractivity contribution in [3.8, 4) is 0 Å². The summed E-state index contributed by atoms with van der Waals surface area (Å²) in [4.78, 5) is 4.33. The summed E-state index contributed by atoms with van der Waals surface area (Å²) in [5, 5.41) is 3.40. The van der Waals surface area contributed by atoms with E-state index in [4.69, 9.17) is 0 Å². The Morgan fingerprint density at radius 2 is 2.20 bits per heavy atom. The minimum Gasteiger partial charge on any atom is -0.317 e. The maximum Gasteiger partial charge on any atom is 0.0502 e. The molecule has 1 fully saturated rings. The van der Waals surface area contributed by atoms with E-state index in [1.54, 1.807) is 0 Å². The van der Waals surface area contributed by atoms with E-state index in [-0.39, 0.29) is 0 Å². The van der Waals surface area contributed by atoms with Crippen LogP contribution >= 0.6 is 11.8 Å². The normalized spacial score (nSPS) is 17.9. The Hall–Kier alpha value is -0.540. The number of hydrogen-bond acceptors (Lipinski definition) is 3. The van der Waals surface area contributed by atoms with Gasteiger partial charge in [-0.05, 0) is 49.7 Å². The highest BCUT2D eigenvalue weighted by atomic mass is 32.2. The Morgan fingerprint density at radius 1 is 1.33 bits per heavy atom. The lowest BCUT2D eigenvalue weighted by molar-refractivity contribution is 0.408. The summed E-state index contributed by atoms with van der Waals surface area (Å²) in [5.41, 5.74) is 1.21. The summed E-state index contributed by atoms with van der Waals surface area (Å²) >= 11 is 2.02. The molecule has 2 nitrogen and oxygen atoms in total. The second kappa shape index (κ2) is 6.13. The molecule has 1 aromatic heterocycles. The highest BCUT2D eigenvalue weighted by Gasteiger charge is 2.12. The van der Waals surface area contributed by atoms with Crippen LogP contribution in [0.5, 0.6) is 0 Å². The number of nitrogens with one attached hydrogen (secondary N) is 1. The predicted octanol–water partition coefficient (Wildman–Crippen LogP) is 2.31. The van der Waals surface area contributed by atoms with Crippen LogP contribution < -0.4 is 5.32 Å². The molecule has 1 N–H and O–H groups in total. The van der Waals surface area contributed by atoms with E-state index in [0.717, 1.165) is 11.7 Å². The SMILES string of the molecule is c1ccc(CSCC2CCNCC2)nc1. The zero-order chi connectivity index (χ0) is 10.3. The lowest BCUT2D eigenvalue weighted by atomic mass is 10.0. The van der Waals surface area contributed by atoms with Gasteiger partial charge in [-0.2, -0.15) is 11.8 Å². The van der Waals surface area contributed by atoms with Crippen LogP contribution in [0.2, 0.25) is 0 Å². The van der Waals surface area contributed by atoms with E-state index in [1.807, 2.05) is 24.0 Å². The van der Waals surface area contributed by atoms with Crippen molar-refractivity contribution < 1.29 is 0 Å². The molecule has 82 valence electrons. The molecule has 0 aliphatic carbocycles. The first-order valence-corrected chi connectivity index (χ1v) is 6.79. The first-order valence-electron chi connectivity index (χ1n) is 5.63. The standard InChI is InChI=1S/C12H18N2S/c1-2-6-14-12(3-1)10-15-9-11-4-7-13-8-5-11/h1-3,6,11,13H,4-5,7-10H2. The maximum absolute atomic E-state index is 4.33. The molecule has 1 aliphatic heterocycles. The molecule has 1 aliphatic rings. The fraction of sp³-hybridized carbons (Fsp3) is 0.583. The summed E-state index contributed by atoms with van der Waals surface area (Å²) < 4.78 is 0. The number of pyridine rings is 1. The minimum absolute atomic E-state index is 0.917. The van der Waals surface area contributed by atoms with Crippen LogP contribution in [-0.4, -0.2) is 23.8 Å². The molecule has 2 heterocycles. The van der Waals surface area contributed by atoms with Crippen LogP contribution in [0.4, 0.5) is 0 Å². The van der Waals surface area contributed by atoms with Gasteiger partial charge < -0.3 is 5.32 Å². The van der Waals surface area contributed by atoms with Gasteiger partial charge >= 0.3 is 0 Å². The van der Waals surface area contributed by atoms with Gasteiger partial charge in [0, 0.05) is 11.9 Å². The first kappa shape index (κ1) is 11.0. The molecule has 0 atom stereocenters. The maximum atomic E-state index is 4.33. The van der Waals surface area contributed by atoms with Gasteiger partial charge in [0.25, 0.3) is 0 Å². The quantitative estimate of drug-likeness (QED) is 0.846. The average Bonchev–Trinajstić information content (AvgIpc) is 2.32. The largest absolute Gasteiger partial charge is 0.317 e. The topological polar surface area (TPSA) is 24.9 Å². The lowest BCUT2D eigenvalue weighted by Gasteiger charge is -2.21. The van der Waals surface area contributed by atoms with Crippen molar-refractivity contribution in [1.29, 1.82) is 0 Å².